The van der Waals surface area contributed by atoms with Crippen molar-refractivity contribution in [3.05, 3.63) is 35.9 Å². The number of likely N-dealkylation sites (tertiary alicyclic amines) is 1. The largest absolute Gasteiger partial charge is 0.357 e. The minimum atomic E-state index is 0.0636. The molecular weight excluding hydrogens is 312 g/mol. The third kappa shape index (κ3) is 5.97. The highest BCUT2D eigenvalue weighted by molar-refractivity contribution is 8.23. The fourth-order valence-electron chi connectivity index (χ4n) is 2.45. The zero-order valence-corrected chi connectivity index (χ0v) is 14.7. The topological polar surface area (TPSA) is 32.3 Å². The summed E-state index contributed by atoms with van der Waals surface area (Å²) >= 11 is 6.91. The van der Waals surface area contributed by atoms with Gasteiger partial charge in [0, 0.05) is 19.6 Å². The lowest BCUT2D eigenvalue weighted by Gasteiger charge is -2.31. The predicted molar refractivity (Wildman–Crippen MR) is 98.2 cm³/mol. The molecule has 1 amide bonds. The van der Waals surface area contributed by atoms with Crippen LogP contribution in [0.25, 0.3) is 0 Å². The molecule has 2 rings (SSSR count). The number of hydrogen-bond acceptors (Lipinski definition) is 3. The van der Waals surface area contributed by atoms with Crippen molar-refractivity contribution >= 4 is 34.2 Å². The number of piperidine rings is 1. The molecule has 0 bridgehead atoms. The van der Waals surface area contributed by atoms with Crippen LogP contribution in [0.3, 0.4) is 0 Å². The third-order valence-corrected chi connectivity index (χ3v) is 5.47. The van der Waals surface area contributed by atoms with Gasteiger partial charge in [0.25, 0.3) is 0 Å². The van der Waals surface area contributed by atoms with E-state index in [9.17, 15) is 4.79 Å². The zero-order valence-electron chi connectivity index (χ0n) is 13.1. The molecule has 0 atom stereocenters. The molecule has 0 radical (unpaired) electrons. The van der Waals surface area contributed by atoms with Crippen LogP contribution in [0.4, 0.5) is 0 Å². The molecular formula is C17H24N2OS2. The molecule has 1 N–H and O–H groups in total. The highest BCUT2D eigenvalue weighted by Crippen LogP contribution is 2.20. The summed E-state index contributed by atoms with van der Waals surface area (Å²) < 4.78 is 0.866. The molecule has 1 aromatic carbocycles. The first kappa shape index (κ1) is 17.3. The molecule has 0 saturated carbocycles. The van der Waals surface area contributed by atoms with Crippen molar-refractivity contribution in [2.75, 3.05) is 25.4 Å². The number of rotatable bonds is 5. The first-order valence-electron chi connectivity index (χ1n) is 7.87. The van der Waals surface area contributed by atoms with Crippen molar-refractivity contribution < 1.29 is 4.79 Å². The van der Waals surface area contributed by atoms with Crippen LogP contribution in [0.2, 0.25) is 0 Å². The number of thiocarbonyl (C=S) groups is 1. The quantitative estimate of drug-likeness (QED) is 0.838. The van der Waals surface area contributed by atoms with Crippen LogP contribution in [-0.2, 0) is 11.2 Å². The Morgan fingerprint density at radius 1 is 1.32 bits per heavy atom. The number of thioether (sulfide) groups is 1. The second kappa shape index (κ2) is 9.16. The summed E-state index contributed by atoms with van der Waals surface area (Å²) in [5.41, 5.74) is 1.24. The van der Waals surface area contributed by atoms with Crippen LogP contribution in [0.1, 0.15) is 25.3 Å². The molecule has 1 aliphatic heterocycles. The summed E-state index contributed by atoms with van der Waals surface area (Å²) in [7, 11) is 0. The van der Waals surface area contributed by atoms with Gasteiger partial charge in [-0.3, -0.25) is 4.79 Å². The molecule has 0 aromatic heterocycles. The third-order valence-electron chi connectivity index (χ3n) is 3.95. The smallest absolute Gasteiger partial charge is 0.230 e. The van der Waals surface area contributed by atoms with Crippen LogP contribution in [0.5, 0.6) is 0 Å². The Morgan fingerprint density at radius 3 is 2.68 bits per heavy atom. The fraction of sp³-hybridized carbons (Fsp3) is 0.529. The molecule has 1 aliphatic rings. The number of hydrogen-bond donors (Lipinski definition) is 1. The molecule has 1 heterocycles. The summed E-state index contributed by atoms with van der Waals surface area (Å²) in [6.45, 7) is 5.02. The van der Waals surface area contributed by atoms with Gasteiger partial charge in [-0.1, -0.05) is 61.2 Å². The zero-order chi connectivity index (χ0) is 15.8. The van der Waals surface area contributed by atoms with Crippen LogP contribution >= 0.6 is 24.0 Å². The summed E-state index contributed by atoms with van der Waals surface area (Å²) in [4.78, 5) is 14.1. The molecule has 3 nitrogen and oxygen atoms in total. The monoisotopic (exact) mass is 336 g/mol. The van der Waals surface area contributed by atoms with Gasteiger partial charge in [-0.25, -0.2) is 0 Å². The van der Waals surface area contributed by atoms with E-state index < -0.39 is 0 Å². The number of nitrogens with zero attached hydrogens (tertiary/aromatic N) is 1. The highest BCUT2D eigenvalue weighted by Gasteiger charge is 2.18. The lowest BCUT2D eigenvalue weighted by molar-refractivity contribution is -0.118. The summed E-state index contributed by atoms with van der Waals surface area (Å²) in [5, 5.41) is 2.96. The molecule has 5 heteroatoms. The fourth-order valence-corrected chi connectivity index (χ4v) is 3.53. The number of carbonyl (C=O) groups is 1. The van der Waals surface area contributed by atoms with Crippen LogP contribution < -0.4 is 5.32 Å². The second-order valence-electron chi connectivity index (χ2n) is 5.81. The van der Waals surface area contributed by atoms with Crippen LogP contribution in [0.15, 0.2) is 30.3 Å². The van der Waals surface area contributed by atoms with E-state index in [1.54, 1.807) is 0 Å². The van der Waals surface area contributed by atoms with Gasteiger partial charge in [0.15, 0.2) is 0 Å². The molecule has 1 fully saturated rings. The Balaban J connectivity index is 1.60. The maximum absolute atomic E-state index is 11.9. The van der Waals surface area contributed by atoms with Crippen LogP contribution in [-0.4, -0.2) is 40.5 Å². The van der Waals surface area contributed by atoms with E-state index in [2.05, 4.69) is 29.3 Å². The standard InChI is InChI=1S/C17H24N2OS2/c1-14-8-11-19(12-9-14)17(21)22-13-16(20)18-10-7-15-5-3-2-4-6-15/h2-6,14H,7-13H2,1H3,(H,18,20). The van der Waals surface area contributed by atoms with Gasteiger partial charge in [-0.2, -0.15) is 0 Å². The minimum absolute atomic E-state index is 0.0636. The second-order valence-corrected chi connectivity index (χ2v) is 7.42. The van der Waals surface area contributed by atoms with Crippen molar-refractivity contribution in [2.24, 2.45) is 5.92 Å². The molecule has 22 heavy (non-hydrogen) atoms. The Bertz CT molecular complexity index is 485. The first-order chi connectivity index (χ1) is 10.6. The van der Waals surface area contributed by atoms with E-state index in [-0.39, 0.29) is 5.91 Å². The Hall–Kier alpha value is -1.07. The van der Waals surface area contributed by atoms with Crippen molar-refractivity contribution in [2.45, 2.75) is 26.2 Å². The molecule has 1 saturated heterocycles. The van der Waals surface area contributed by atoms with E-state index in [0.717, 1.165) is 29.7 Å². The summed E-state index contributed by atoms with van der Waals surface area (Å²) in [6.07, 6.45) is 3.26. The highest BCUT2D eigenvalue weighted by atomic mass is 32.2. The number of nitrogens with one attached hydrogen (secondary N) is 1. The van der Waals surface area contributed by atoms with Crippen LogP contribution in [0, 0.1) is 5.92 Å². The van der Waals surface area contributed by atoms with E-state index >= 15 is 0 Å². The SMILES string of the molecule is CC1CCN(C(=S)SCC(=O)NCCc2ccccc2)CC1. The minimum Gasteiger partial charge on any atom is -0.357 e. The predicted octanol–water partition coefficient (Wildman–Crippen LogP) is 3.10. The average Bonchev–Trinajstić information content (AvgIpc) is 2.54. The molecule has 0 aliphatic carbocycles. The van der Waals surface area contributed by atoms with Gasteiger partial charge < -0.3 is 10.2 Å². The number of benzene rings is 1. The molecule has 120 valence electrons. The van der Waals surface area contributed by atoms with Gasteiger partial charge in [0.05, 0.1) is 5.75 Å². The van der Waals surface area contributed by atoms with Gasteiger partial charge in [-0.15, -0.1) is 0 Å². The van der Waals surface area contributed by atoms with E-state index in [1.807, 2.05) is 18.2 Å². The Kier molecular flexibility index (Phi) is 7.19. The van der Waals surface area contributed by atoms with E-state index in [0.29, 0.717) is 12.3 Å². The van der Waals surface area contributed by atoms with Crippen molar-refractivity contribution in [1.82, 2.24) is 10.2 Å². The van der Waals surface area contributed by atoms with Crippen molar-refractivity contribution in [3.8, 4) is 0 Å². The molecule has 1 aromatic rings. The van der Waals surface area contributed by atoms with Gasteiger partial charge in [-0.05, 0) is 30.7 Å². The van der Waals surface area contributed by atoms with E-state index in [1.165, 1.54) is 30.2 Å². The molecule has 0 spiro atoms. The maximum atomic E-state index is 11.9. The lowest BCUT2D eigenvalue weighted by Crippen LogP contribution is -2.36. The van der Waals surface area contributed by atoms with Crippen molar-refractivity contribution in [3.63, 3.8) is 0 Å². The first-order valence-corrected chi connectivity index (χ1v) is 9.27. The molecule has 0 unspecified atom stereocenters. The Labute approximate surface area is 142 Å². The normalized spacial score (nSPS) is 15.6. The van der Waals surface area contributed by atoms with Gasteiger partial charge in [0.1, 0.15) is 4.32 Å². The summed E-state index contributed by atoms with van der Waals surface area (Å²) in [6, 6.07) is 10.2. The maximum Gasteiger partial charge on any atom is 0.230 e. The van der Waals surface area contributed by atoms with Gasteiger partial charge >= 0.3 is 0 Å². The number of carbonyl (C=O) groups excluding carboxylic acids is 1. The average molecular weight is 337 g/mol. The van der Waals surface area contributed by atoms with Crippen molar-refractivity contribution in [1.29, 1.82) is 0 Å². The van der Waals surface area contributed by atoms with E-state index in [4.69, 9.17) is 12.2 Å². The lowest BCUT2D eigenvalue weighted by atomic mass is 10.00. The van der Waals surface area contributed by atoms with Gasteiger partial charge in [0.2, 0.25) is 5.91 Å². The Morgan fingerprint density at radius 2 is 2.00 bits per heavy atom. The number of amides is 1. The summed E-state index contributed by atoms with van der Waals surface area (Å²) in [5.74, 6) is 1.28.